The lowest BCUT2D eigenvalue weighted by Gasteiger charge is -2.39. The number of hydrogen-bond acceptors (Lipinski definition) is 5. The van der Waals surface area contributed by atoms with Gasteiger partial charge < -0.3 is 25.2 Å². The lowest BCUT2D eigenvalue weighted by Crippen LogP contribution is -2.55. The van der Waals surface area contributed by atoms with Crippen molar-refractivity contribution in [2.75, 3.05) is 19.8 Å². The third kappa shape index (κ3) is 4.85. The summed E-state index contributed by atoms with van der Waals surface area (Å²) in [4.78, 5) is 38.4. The van der Waals surface area contributed by atoms with Crippen LogP contribution in [0, 0.1) is 0 Å². The van der Waals surface area contributed by atoms with Gasteiger partial charge in [-0.25, -0.2) is 4.79 Å². The summed E-state index contributed by atoms with van der Waals surface area (Å²) in [6.45, 7) is -0.0597. The number of rotatable bonds is 9. The molecule has 0 bridgehead atoms. The van der Waals surface area contributed by atoms with Crippen LogP contribution in [0.1, 0.15) is 42.7 Å². The van der Waals surface area contributed by atoms with E-state index in [4.69, 9.17) is 4.74 Å². The van der Waals surface area contributed by atoms with Gasteiger partial charge in [-0.1, -0.05) is 48.5 Å². The van der Waals surface area contributed by atoms with Crippen LogP contribution in [0.15, 0.2) is 48.5 Å². The molecular formula is C25H28N2O6. The van der Waals surface area contributed by atoms with E-state index < -0.39 is 30.4 Å². The van der Waals surface area contributed by atoms with Gasteiger partial charge in [0.15, 0.2) is 0 Å². The number of ether oxygens (including phenoxy) is 1. The Kier molecular flexibility index (Phi) is 6.93. The average Bonchev–Trinajstić information content (AvgIpc) is 3.09. The molecule has 0 aromatic heterocycles. The molecule has 1 fully saturated rings. The van der Waals surface area contributed by atoms with Gasteiger partial charge in [-0.2, -0.15) is 0 Å². The van der Waals surface area contributed by atoms with Crippen LogP contribution >= 0.6 is 0 Å². The summed E-state index contributed by atoms with van der Waals surface area (Å²) in [5, 5.41) is 21.1. The van der Waals surface area contributed by atoms with Crippen molar-refractivity contribution in [3.8, 4) is 11.1 Å². The number of aliphatic hydroxyl groups excluding tert-OH is 1. The number of benzene rings is 2. The van der Waals surface area contributed by atoms with Crippen molar-refractivity contribution in [3.63, 3.8) is 0 Å². The second-order valence-corrected chi connectivity index (χ2v) is 8.46. The van der Waals surface area contributed by atoms with E-state index in [2.05, 4.69) is 5.32 Å². The summed E-state index contributed by atoms with van der Waals surface area (Å²) in [7, 11) is 0. The number of aliphatic hydroxyl groups is 1. The second-order valence-electron chi connectivity index (χ2n) is 8.46. The zero-order chi connectivity index (χ0) is 23.4. The third-order valence-corrected chi connectivity index (χ3v) is 6.45. The zero-order valence-electron chi connectivity index (χ0n) is 18.3. The maximum Gasteiger partial charge on any atom is 0.407 e. The highest BCUT2D eigenvalue weighted by molar-refractivity contribution is 5.89. The van der Waals surface area contributed by atoms with Gasteiger partial charge in [-0.05, 0) is 41.5 Å². The van der Waals surface area contributed by atoms with Crippen molar-refractivity contribution in [2.45, 2.75) is 43.7 Å². The number of amides is 2. The lowest BCUT2D eigenvalue weighted by atomic mass is 9.91. The van der Waals surface area contributed by atoms with Crippen molar-refractivity contribution in [2.24, 2.45) is 0 Å². The number of nitrogens with one attached hydrogen (secondary N) is 1. The molecule has 2 aliphatic rings. The van der Waals surface area contributed by atoms with Crippen LogP contribution in [0.5, 0.6) is 0 Å². The first-order valence-electron chi connectivity index (χ1n) is 11.2. The van der Waals surface area contributed by atoms with Crippen molar-refractivity contribution in [3.05, 3.63) is 59.7 Å². The standard InChI is InChI=1S/C25H28N2O6/c28-13-12-27(16-6-5-7-16)24(31)22(14-23(29)30)26-25(32)33-15-21-19-10-3-1-8-17(19)18-9-2-4-11-20(18)21/h1-4,8-11,16,21-22,28H,5-7,12-15H2,(H,26,32)(H,29,30). The molecule has 0 aliphatic heterocycles. The number of carbonyl (C=O) groups is 3. The Balaban J connectivity index is 1.44. The van der Waals surface area contributed by atoms with Gasteiger partial charge in [0.2, 0.25) is 5.91 Å². The molecule has 174 valence electrons. The molecular weight excluding hydrogens is 424 g/mol. The van der Waals surface area contributed by atoms with Crippen LogP contribution in [0.3, 0.4) is 0 Å². The molecule has 8 heteroatoms. The van der Waals surface area contributed by atoms with E-state index in [9.17, 15) is 24.6 Å². The summed E-state index contributed by atoms with van der Waals surface area (Å²) in [6.07, 6.45) is 1.18. The minimum absolute atomic E-state index is 0.0368. The quantitative estimate of drug-likeness (QED) is 0.539. The van der Waals surface area contributed by atoms with E-state index in [1.807, 2.05) is 48.5 Å². The monoisotopic (exact) mass is 452 g/mol. The summed E-state index contributed by atoms with van der Waals surface area (Å²) < 4.78 is 5.48. The van der Waals surface area contributed by atoms with Gasteiger partial charge in [-0.3, -0.25) is 9.59 Å². The fraction of sp³-hybridized carbons (Fsp3) is 0.400. The number of aliphatic carboxylic acids is 1. The Morgan fingerprint density at radius 3 is 2.15 bits per heavy atom. The molecule has 2 aliphatic carbocycles. The summed E-state index contributed by atoms with van der Waals surface area (Å²) in [5.74, 6) is -1.85. The molecule has 4 rings (SSSR count). The lowest BCUT2D eigenvalue weighted by molar-refractivity contribution is -0.144. The number of carbonyl (C=O) groups excluding carboxylic acids is 2. The van der Waals surface area contributed by atoms with E-state index in [0.29, 0.717) is 0 Å². The van der Waals surface area contributed by atoms with Gasteiger partial charge in [0, 0.05) is 18.5 Å². The van der Waals surface area contributed by atoms with Crippen molar-refractivity contribution >= 4 is 18.0 Å². The Hall–Kier alpha value is -3.39. The first-order chi connectivity index (χ1) is 16.0. The largest absolute Gasteiger partial charge is 0.481 e. The van der Waals surface area contributed by atoms with Crippen LogP contribution in [-0.4, -0.2) is 64.9 Å². The van der Waals surface area contributed by atoms with Crippen molar-refractivity contribution < 1.29 is 29.3 Å². The van der Waals surface area contributed by atoms with Gasteiger partial charge >= 0.3 is 12.1 Å². The zero-order valence-corrected chi connectivity index (χ0v) is 18.3. The van der Waals surface area contributed by atoms with Crippen LogP contribution in [-0.2, 0) is 14.3 Å². The van der Waals surface area contributed by atoms with Crippen LogP contribution < -0.4 is 5.32 Å². The summed E-state index contributed by atoms with van der Waals surface area (Å²) in [5.41, 5.74) is 4.31. The number of carboxylic acid groups (broad SMARTS) is 1. The SMILES string of the molecule is O=C(O)CC(NC(=O)OCC1c2ccccc2-c2ccccc21)C(=O)N(CCO)C1CCC1. The number of nitrogens with zero attached hydrogens (tertiary/aromatic N) is 1. The molecule has 33 heavy (non-hydrogen) atoms. The Labute approximate surface area is 192 Å². The number of alkyl carbamates (subject to hydrolysis) is 1. The number of hydrogen-bond donors (Lipinski definition) is 3. The molecule has 8 nitrogen and oxygen atoms in total. The first kappa shape index (κ1) is 22.8. The molecule has 0 saturated heterocycles. The van der Waals surface area contributed by atoms with Crippen LogP contribution in [0.4, 0.5) is 4.79 Å². The van der Waals surface area contributed by atoms with E-state index in [1.54, 1.807) is 0 Å². The highest BCUT2D eigenvalue weighted by atomic mass is 16.5. The predicted molar refractivity (Wildman–Crippen MR) is 121 cm³/mol. The fourth-order valence-corrected chi connectivity index (χ4v) is 4.64. The van der Waals surface area contributed by atoms with Gasteiger partial charge in [0.05, 0.1) is 13.0 Å². The minimum Gasteiger partial charge on any atom is -0.481 e. The van der Waals surface area contributed by atoms with E-state index in [-0.39, 0.29) is 31.7 Å². The van der Waals surface area contributed by atoms with E-state index >= 15 is 0 Å². The molecule has 1 saturated carbocycles. The molecule has 3 N–H and O–H groups in total. The molecule has 0 spiro atoms. The molecule has 0 radical (unpaired) electrons. The van der Waals surface area contributed by atoms with Gasteiger partial charge in [0.1, 0.15) is 12.6 Å². The number of fused-ring (bicyclic) bond motifs is 3. The highest BCUT2D eigenvalue weighted by Crippen LogP contribution is 2.44. The summed E-state index contributed by atoms with van der Waals surface area (Å²) in [6, 6.07) is 14.6. The van der Waals surface area contributed by atoms with Crippen molar-refractivity contribution in [1.29, 1.82) is 0 Å². The Morgan fingerprint density at radius 2 is 1.64 bits per heavy atom. The van der Waals surface area contributed by atoms with E-state index in [1.165, 1.54) is 4.90 Å². The van der Waals surface area contributed by atoms with Gasteiger partial charge in [-0.15, -0.1) is 0 Å². The maximum absolute atomic E-state index is 13.0. The van der Waals surface area contributed by atoms with Crippen molar-refractivity contribution in [1.82, 2.24) is 10.2 Å². The maximum atomic E-state index is 13.0. The topological polar surface area (TPSA) is 116 Å². The summed E-state index contributed by atoms with van der Waals surface area (Å²) >= 11 is 0. The van der Waals surface area contributed by atoms with Crippen LogP contribution in [0.2, 0.25) is 0 Å². The molecule has 0 heterocycles. The molecule has 2 aromatic rings. The normalized spacial score (nSPS) is 15.7. The Morgan fingerprint density at radius 1 is 1.03 bits per heavy atom. The third-order valence-electron chi connectivity index (χ3n) is 6.45. The van der Waals surface area contributed by atoms with Crippen LogP contribution in [0.25, 0.3) is 11.1 Å². The van der Waals surface area contributed by atoms with E-state index in [0.717, 1.165) is 41.5 Å². The first-order valence-corrected chi connectivity index (χ1v) is 11.2. The fourth-order valence-electron chi connectivity index (χ4n) is 4.64. The molecule has 2 amide bonds. The Bertz CT molecular complexity index is 990. The molecule has 1 unspecified atom stereocenters. The predicted octanol–water partition coefficient (Wildman–Crippen LogP) is 2.74. The highest BCUT2D eigenvalue weighted by Gasteiger charge is 2.35. The minimum atomic E-state index is -1.26. The molecule has 1 atom stereocenters. The molecule has 2 aromatic carbocycles. The average molecular weight is 453 g/mol. The number of carboxylic acids is 1. The van der Waals surface area contributed by atoms with Gasteiger partial charge in [0.25, 0.3) is 0 Å². The second kappa shape index (κ2) is 10.0. The smallest absolute Gasteiger partial charge is 0.407 e.